The quantitative estimate of drug-likeness (QED) is 0.625. The fourth-order valence-electron chi connectivity index (χ4n) is 1.40. The highest BCUT2D eigenvalue weighted by molar-refractivity contribution is 8.32. The van der Waals surface area contributed by atoms with Gasteiger partial charge in [-0.15, -0.1) is 0 Å². The summed E-state index contributed by atoms with van der Waals surface area (Å²) in [6.45, 7) is 1.13. The van der Waals surface area contributed by atoms with Crippen molar-refractivity contribution in [2.24, 2.45) is 0 Å². The maximum Gasteiger partial charge on any atom is 0.224 e. The highest BCUT2D eigenvalue weighted by atomic mass is 35.5. The largest absolute Gasteiger partial charge is 0.358 e. The third-order valence-electron chi connectivity index (χ3n) is 2.40. The van der Waals surface area contributed by atoms with Gasteiger partial charge in [0.05, 0.1) is 18.2 Å². The second-order valence-corrected chi connectivity index (χ2v) is 9.82. The number of fused-ring (bicyclic) bond motifs is 1. The number of hydrogen-bond donors (Lipinski definition) is 0. The van der Waals surface area contributed by atoms with E-state index in [-0.39, 0.29) is 5.28 Å². The van der Waals surface area contributed by atoms with Gasteiger partial charge in [0.1, 0.15) is 6.73 Å². The van der Waals surface area contributed by atoms with Gasteiger partial charge in [0.2, 0.25) is 5.28 Å². The SMILES string of the molecule is CS(C)(C)CCOCn1ncc2cnc(Cl)nc21. The standard InChI is InChI=1S/C11H17ClN4OS/c1-18(2,3)5-4-17-8-16-10-9(7-14-16)6-13-11(12)15-10/h6-7H,4-5,8H2,1-3H3. The van der Waals surface area contributed by atoms with Crippen LogP contribution in [-0.4, -0.2) is 50.9 Å². The van der Waals surface area contributed by atoms with Crippen LogP contribution in [0.1, 0.15) is 0 Å². The van der Waals surface area contributed by atoms with E-state index in [0.717, 1.165) is 17.7 Å². The maximum absolute atomic E-state index is 5.77. The van der Waals surface area contributed by atoms with Crippen molar-refractivity contribution in [1.82, 2.24) is 19.7 Å². The van der Waals surface area contributed by atoms with E-state index in [0.29, 0.717) is 12.4 Å². The van der Waals surface area contributed by atoms with Crippen LogP contribution in [0, 0.1) is 0 Å². The van der Waals surface area contributed by atoms with E-state index in [1.807, 2.05) is 0 Å². The van der Waals surface area contributed by atoms with E-state index in [1.54, 1.807) is 17.1 Å². The Kier molecular flexibility index (Phi) is 4.09. The van der Waals surface area contributed by atoms with Crippen molar-refractivity contribution in [1.29, 1.82) is 0 Å². The summed E-state index contributed by atoms with van der Waals surface area (Å²) in [4.78, 5) is 8.06. The molecule has 0 atom stereocenters. The first-order valence-electron chi connectivity index (χ1n) is 5.53. The molecule has 0 spiro atoms. The summed E-state index contributed by atoms with van der Waals surface area (Å²) >= 11 is 5.77. The van der Waals surface area contributed by atoms with Crippen molar-refractivity contribution in [2.75, 3.05) is 31.1 Å². The molecule has 0 saturated heterocycles. The first-order valence-corrected chi connectivity index (χ1v) is 8.94. The summed E-state index contributed by atoms with van der Waals surface area (Å²) in [5.41, 5.74) is 0.707. The average Bonchev–Trinajstić information content (AvgIpc) is 2.66. The smallest absolute Gasteiger partial charge is 0.224 e. The zero-order valence-electron chi connectivity index (χ0n) is 10.8. The molecule has 0 radical (unpaired) electrons. The van der Waals surface area contributed by atoms with Crippen molar-refractivity contribution in [3.05, 3.63) is 17.7 Å². The Morgan fingerprint density at radius 3 is 2.83 bits per heavy atom. The lowest BCUT2D eigenvalue weighted by molar-refractivity contribution is 0.0836. The van der Waals surface area contributed by atoms with Crippen molar-refractivity contribution < 1.29 is 4.74 Å². The number of aromatic nitrogens is 4. The summed E-state index contributed by atoms with van der Waals surface area (Å²) in [5, 5.41) is 5.30. The molecular weight excluding hydrogens is 272 g/mol. The Hall–Kier alpha value is -0.850. The molecule has 0 amide bonds. The van der Waals surface area contributed by atoms with Crippen LogP contribution in [0.15, 0.2) is 12.4 Å². The molecule has 0 bridgehead atoms. The monoisotopic (exact) mass is 288 g/mol. The molecule has 0 aliphatic rings. The minimum atomic E-state index is -0.516. The topological polar surface area (TPSA) is 52.8 Å². The predicted molar refractivity (Wildman–Crippen MR) is 76.5 cm³/mol. The Bertz CT molecular complexity index is 537. The predicted octanol–water partition coefficient (Wildman–Crippen LogP) is 2.15. The molecule has 0 N–H and O–H groups in total. The van der Waals surface area contributed by atoms with Gasteiger partial charge in [0.15, 0.2) is 5.65 Å². The lowest BCUT2D eigenvalue weighted by atomic mass is 10.4. The van der Waals surface area contributed by atoms with Gasteiger partial charge in [0, 0.05) is 11.9 Å². The number of rotatable bonds is 5. The van der Waals surface area contributed by atoms with Crippen molar-refractivity contribution in [2.45, 2.75) is 6.73 Å². The molecular formula is C11H17ClN4OS. The molecule has 0 unspecified atom stereocenters. The third kappa shape index (κ3) is 3.57. The van der Waals surface area contributed by atoms with E-state index in [9.17, 15) is 0 Å². The van der Waals surface area contributed by atoms with Crippen molar-refractivity contribution in [3.63, 3.8) is 0 Å². The van der Waals surface area contributed by atoms with Crippen LogP contribution in [0.3, 0.4) is 0 Å². The van der Waals surface area contributed by atoms with Crippen LogP contribution >= 0.6 is 21.6 Å². The van der Waals surface area contributed by atoms with Gasteiger partial charge in [-0.3, -0.25) is 0 Å². The maximum atomic E-state index is 5.77. The highest BCUT2D eigenvalue weighted by Crippen LogP contribution is 2.33. The lowest BCUT2D eigenvalue weighted by Crippen LogP contribution is -2.11. The first kappa shape index (κ1) is 13.6. The average molecular weight is 289 g/mol. The summed E-state index contributed by atoms with van der Waals surface area (Å²) in [5.74, 6) is 1.09. The minimum Gasteiger partial charge on any atom is -0.358 e. The van der Waals surface area contributed by atoms with Crippen LogP contribution < -0.4 is 0 Å². The molecule has 0 aliphatic carbocycles. The summed E-state index contributed by atoms with van der Waals surface area (Å²) in [6.07, 6.45) is 10.2. The second-order valence-electron chi connectivity index (χ2n) is 4.89. The van der Waals surface area contributed by atoms with Gasteiger partial charge in [-0.25, -0.2) is 19.7 Å². The van der Waals surface area contributed by atoms with E-state index in [4.69, 9.17) is 16.3 Å². The van der Waals surface area contributed by atoms with E-state index >= 15 is 0 Å². The number of halogens is 1. The fourth-order valence-corrected chi connectivity index (χ4v) is 2.15. The first-order chi connectivity index (χ1) is 8.46. The zero-order valence-corrected chi connectivity index (χ0v) is 12.3. The molecule has 7 heteroatoms. The summed E-state index contributed by atoms with van der Waals surface area (Å²) in [7, 11) is -0.516. The molecule has 2 rings (SSSR count). The van der Waals surface area contributed by atoms with Gasteiger partial charge in [-0.2, -0.15) is 10.1 Å². The molecule has 2 aromatic heterocycles. The molecule has 0 aliphatic heterocycles. The Morgan fingerprint density at radius 2 is 2.11 bits per heavy atom. The van der Waals surface area contributed by atoms with Crippen molar-refractivity contribution in [3.8, 4) is 0 Å². The second kappa shape index (κ2) is 5.42. The molecule has 0 fully saturated rings. The normalized spacial score (nSPS) is 13.1. The third-order valence-corrected chi connectivity index (χ3v) is 3.97. The van der Waals surface area contributed by atoms with Crippen LogP contribution in [0.4, 0.5) is 0 Å². The van der Waals surface area contributed by atoms with Gasteiger partial charge >= 0.3 is 0 Å². The van der Waals surface area contributed by atoms with Gasteiger partial charge < -0.3 is 4.74 Å². The van der Waals surface area contributed by atoms with Gasteiger partial charge in [0.25, 0.3) is 0 Å². The van der Waals surface area contributed by atoms with Crippen LogP contribution in [0.2, 0.25) is 5.28 Å². The Morgan fingerprint density at radius 1 is 1.33 bits per heavy atom. The van der Waals surface area contributed by atoms with Crippen LogP contribution in [0.25, 0.3) is 11.0 Å². The Balaban J connectivity index is 1.98. The summed E-state index contributed by atoms with van der Waals surface area (Å²) < 4.78 is 7.32. The molecule has 2 heterocycles. The van der Waals surface area contributed by atoms with E-state index in [2.05, 4.69) is 33.8 Å². The van der Waals surface area contributed by atoms with E-state index in [1.165, 1.54) is 0 Å². The van der Waals surface area contributed by atoms with Crippen molar-refractivity contribution >= 4 is 32.7 Å². The van der Waals surface area contributed by atoms with Gasteiger partial charge in [-0.1, -0.05) is 0 Å². The summed E-state index contributed by atoms with van der Waals surface area (Å²) in [6, 6.07) is 0. The molecule has 100 valence electrons. The molecule has 5 nitrogen and oxygen atoms in total. The molecule has 18 heavy (non-hydrogen) atoms. The highest BCUT2D eigenvalue weighted by Gasteiger charge is 2.07. The number of hydrogen-bond acceptors (Lipinski definition) is 4. The lowest BCUT2D eigenvalue weighted by Gasteiger charge is -2.24. The molecule has 0 aromatic carbocycles. The van der Waals surface area contributed by atoms with E-state index < -0.39 is 10.0 Å². The van der Waals surface area contributed by atoms with Crippen LogP contribution in [0.5, 0.6) is 0 Å². The van der Waals surface area contributed by atoms with Crippen LogP contribution in [-0.2, 0) is 11.5 Å². The number of ether oxygens (including phenoxy) is 1. The van der Waals surface area contributed by atoms with Gasteiger partial charge in [-0.05, 0) is 30.4 Å². The minimum absolute atomic E-state index is 0.225. The zero-order chi connectivity index (χ0) is 13.2. The fraction of sp³-hybridized carbons (Fsp3) is 0.545. The molecule has 2 aromatic rings. The number of nitrogens with zero attached hydrogens (tertiary/aromatic N) is 4. The molecule has 0 saturated carbocycles. The Labute approximate surface area is 113 Å².